The van der Waals surface area contributed by atoms with Gasteiger partial charge in [0.1, 0.15) is 0 Å². The molecular formula is C11H22N2O2. The molecule has 2 fully saturated rings. The number of methoxy groups -OCH3 is 1. The van der Waals surface area contributed by atoms with Crippen molar-refractivity contribution in [1.82, 2.24) is 4.90 Å². The zero-order valence-corrected chi connectivity index (χ0v) is 9.58. The normalized spacial score (nSPS) is 32.0. The van der Waals surface area contributed by atoms with Crippen LogP contribution in [0.2, 0.25) is 0 Å². The maximum Gasteiger partial charge on any atom is 0.0710 e. The lowest BCUT2D eigenvalue weighted by atomic mass is 9.88. The third-order valence-corrected chi connectivity index (χ3v) is 3.95. The fourth-order valence-electron chi connectivity index (χ4n) is 2.75. The number of likely N-dealkylation sites (tertiary alicyclic amines) is 1. The van der Waals surface area contributed by atoms with Crippen LogP contribution in [0.5, 0.6) is 0 Å². The lowest BCUT2D eigenvalue weighted by Crippen LogP contribution is -2.56. The van der Waals surface area contributed by atoms with Gasteiger partial charge in [0.15, 0.2) is 0 Å². The summed E-state index contributed by atoms with van der Waals surface area (Å²) < 4.78 is 10.8. The van der Waals surface area contributed by atoms with E-state index in [2.05, 4.69) is 4.90 Å². The minimum Gasteiger partial charge on any atom is -0.381 e. The number of ether oxygens (including phenoxy) is 2. The summed E-state index contributed by atoms with van der Waals surface area (Å²) in [6.07, 6.45) is 3.68. The van der Waals surface area contributed by atoms with Crippen LogP contribution in [-0.4, -0.2) is 56.5 Å². The number of nitrogens with two attached hydrogens (primary N) is 1. The molecule has 0 amide bonds. The van der Waals surface area contributed by atoms with Crippen molar-refractivity contribution in [2.75, 3.05) is 40.0 Å². The van der Waals surface area contributed by atoms with E-state index in [1.165, 1.54) is 0 Å². The predicted molar refractivity (Wildman–Crippen MR) is 58.8 cm³/mol. The summed E-state index contributed by atoms with van der Waals surface area (Å²) in [5.74, 6) is 0. The first-order valence-corrected chi connectivity index (χ1v) is 5.86. The van der Waals surface area contributed by atoms with Crippen molar-refractivity contribution < 1.29 is 9.47 Å². The van der Waals surface area contributed by atoms with Gasteiger partial charge in [-0.1, -0.05) is 0 Å². The lowest BCUT2D eigenvalue weighted by molar-refractivity contribution is -0.0206. The van der Waals surface area contributed by atoms with Crippen molar-refractivity contribution in [3.8, 4) is 0 Å². The van der Waals surface area contributed by atoms with Gasteiger partial charge in [-0.2, -0.15) is 0 Å². The smallest absolute Gasteiger partial charge is 0.0710 e. The van der Waals surface area contributed by atoms with Crippen molar-refractivity contribution >= 4 is 0 Å². The molecule has 0 aromatic carbocycles. The molecule has 2 rings (SSSR count). The fraction of sp³-hybridized carbons (Fsp3) is 1.00. The van der Waals surface area contributed by atoms with E-state index < -0.39 is 0 Å². The second-order valence-corrected chi connectivity index (χ2v) is 4.63. The standard InChI is InChI=1S/C11H22N2O2/c1-14-10-2-5-13(8-10)11(9-12)3-6-15-7-4-11/h10H,2-9,12H2,1H3. The van der Waals surface area contributed by atoms with E-state index in [-0.39, 0.29) is 5.54 Å². The Kier molecular flexibility index (Phi) is 3.61. The van der Waals surface area contributed by atoms with Crippen LogP contribution < -0.4 is 5.73 Å². The zero-order valence-electron chi connectivity index (χ0n) is 9.58. The molecular weight excluding hydrogens is 192 g/mol. The van der Waals surface area contributed by atoms with E-state index in [0.29, 0.717) is 6.10 Å². The molecule has 2 N–H and O–H groups in total. The molecule has 2 aliphatic rings. The number of rotatable bonds is 3. The van der Waals surface area contributed by atoms with E-state index in [9.17, 15) is 0 Å². The highest BCUT2D eigenvalue weighted by atomic mass is 16.5. The third-order valence-electron chi connectivity index (χ3n) is 3.95. The summed E-state index contributed by atoms with van der Waals surface area (Å²) in [6.45, 7) is 4.60. The van der Waals surface area contributed by atoms with Crippen LogP contribution in [0.25, 0.3) is 0 Å². The maximum absolute atomic E-state index is 5.97. The fourth-order valence-corrected chi connectivity index (χ4v) is 2.75. The first-order valence-electron chi connectivity index (χ1n) is 5.86. The van der Waals surface area contributed by atoms with E-state index in [0.717, 1.165) is 52.1 Å². The Morgan fingerprint density at radius 2 is 2.20 bits per heavy atom. The maximum atomic E-state index is 5.97. The summed E-state index contributed by atoms with van der Waals surface area (Å²) in [5.41, 5.74) is 6.15. The molecule has 4 heteroatoms. The molecule has 4 nitrogen and oxygen atoms in total. The molecule has 0 spiro atoms. The van der Waals surface area contributed by atoms with Gasteiger partial charge in [-0.25, -0.2) is 0 Å². The average Bonchev–Trinajstić information content (AvgIpc) is 2.79. The first-order chi connectivity index (χ1) is 7.30. The van der Waals surface area contributed by atoms with Crippen LogP contribution in [0.4, 0.5) is 0 Å². The van der Waals surface area contributed by atoms with Gasteiger partial charge < -0.3 is 15.2 Å². The Bertz CT molecular complexity index is 205. The summed E-state index contributed by atoms with van der Waals surface area (Å²) >= 11 is 0. The van der Waals surface area contributed by atoms with E-state index in [1.54, 1.807) is 7.11 Å². The topological polar surface area (TPSA) is 47.7 Å². The summed E-state index contributed by atoms with van der Waals surface area (Å²) in [7, 11) is 1.80. The van der Waals surface area contributed by atoms with Gasteiger partial charge in [0.05, 0.1) is 6.10 Å². The lowest BCUT2D eigenvalue weighted by Gasteiger charge is -2.43. The van der Waals surface area contributed by atoms with Gasteiger partial charge in [0.25, 0.3) is 0 Å². The Labute approximate surface area is 91.7 Å². The van der Waals surface area contributed by atoms with Gasteiger partial charge in [-0.3, -0.25) is 4.90 Å². The first kappa shape index (κ1) is 11.3. The second-order valence-electron chi connectivity index (χ2n) is 4.63. The van der Waals surface area contributed by atoms with Crippen molar-refractivity contribution in [2.45, 2.75) is 30.9 Å². The second kappa shape index (κ2) is 4.78. The highest BCUT2D eigenvalue weighted by Crippen LogP contribution is 2.30. The molecule has 1 unspecified atom stereocenters. The largest absolute Gasteiger partial charge is 0.381 e. The Hall–Kier alpha value is -0.160. The van der Waals surface area contributed by atoms with Crippen LogP contribution in [0.3, 0.4) is 0 Å². The molecule has 0 aromatic heterocycles. The van der Waals surface area contributed by atoms with E-state index >= 15 is 0 Å². The molecule has 15 heavy (non-hydrogen) atoms. The quantitative estimate of drug-likeness (QED) is 0.730. The monoisotopic (exact) mass is 214 g/mol. The van der Waals surface area contributed by atoms with E-state index in [1.807, 2.05) is 0 Å². The molecule has 88 valence electrons. The van der Waals surface area contributed by atoms with Crippen molar-refractivity contribution in [3.63, 3.8) is 0 Å². The Balaban J connectivity index is 1.99. The molecule has 2 aliphatic heterocycles. The summed E-state index contributed by atoms with van der Waals surface area (Å²) in [5, 5.41) is 0. The van der Waals surface area contributed by atoms with Crippen LogP contribution in [0.15, 0.2) is 0 Å². The Morgan fingerprint density at radius 3 is 2.73 bits per heavy atom. The molecule has 0 bridgehead atoms. The number of nitrogens with zero attached hydrogens (tertiary/aromatic N) is 1. The van der Waals surface area contributed by atoms with Gasteiger partial charge in [0, 0.05) is 45.5 Å². The minimum absolute atomic E-state index is 0.186. The molecule has 0 aliphatic carbocycles. The minimum atomic E-state index is 0.186. The highest BCUT2D eigenvalue weighted by Gasteiger charge is 2.40. The highest BCUT2D eigenvalue weighted by molar-refractivity contribution is 4.97. The van der Waals surface area contributed by atoms with Crippen LogP contribution in [-0.2, 0) is 9.47 Å². The Morgan fingerprint density at radius 1 is 1.47 bits per heavy atom. The molecule has 2 saturated heterocycles. The summed E-state index contributed by atoms with van der Waals surface area (Å²) in [4.78, 5) is 2.52. The van der Waals surface area contributed by atoms with Gasteiger partial charge in [-0.15, -0.1) is 0 Å². The number of hydrogen-bond acceptors (Lipinski definition) is 4. The third kappa shape index (κ3) is 2.18. The molecule has 0 saturated carbocycles. The SMILES string of the molecule is COC1CCN(C2(CN)CCOCC2)C1. The zero-order chi connectivity index (χ0) is 10.7. The van der Waals surface area contributed by atoms with Crippen molar-refractivity contribution in [3.05, 3.63) is 0 Å². The number of hydrogen-bond donors (Lipinski definition) is 1. The molecule has 0 aromatic rings. The van der Waals surface area contributed by atoms with Crippen molar-refractivity contribution in [2.24, 2.45) is 5.73 Å². The molecule has 2 heterocycles. The summed E-state index contributed by atoms with van der Waals surface area (Å²) in [6, 6.07) is 0. The molecule has 0 radical (unpaired) electrons. The van der Waals surface area contributed by atoms with Gasteiger partial charge >= 0.3 is 0 Å². The van der Waals surface area contributed by atoms with Crippen LogP contribution in [0.1, 0.15) is 19.3 Å². The van der Waals surface area contributed by atoms with Crippen LogP contribution >= 0.6 is 0 Å². The average molecular weight is 214 g/mol. The molecule has 1 atom stereocenters. The van der Waals surface area contributed by atoms with Gasteiger partial charge in [0.2, 0.25) is 0 Å². The van der Waals surface area contributed by atoms with Crippen LogP contribution in [0, 0.1) is 0 Å². The van der Waals surface area contributed by atoms with Gasteiger partial charge in [-0.05, 0) is 19.3 Å². The predicted octanol–water partition coefficient (Wildman–Crippen LogP) is 0.215. The van der Waals surface area contributed by atoms with Crippen molar-refractivity contribution in [1.29, 1.82) is 0 Å². The van der Waals surface area contributed by atoms with E-state index in [4.69, 9.17) is 15.2 Å².